The van der Waals surface area contributed by atoms with Crippen LogP contribution in [0.1, 0.15) is 22.8 Å². The zero-order valence-electron chi connectivity index (χ0n) is 8.73. The molecular formula is C12H12INO. The minimum Gasteiger partial charge on any atom is -0.341 e. The van der Waals surface area contributed by atoms with Gasteiger partial charge in [0.05, 0.1) is 12.1 Å². The molecule has 1 N–H and O–H groups in total. The first kappa shape index (κ1) is 12.1. The number of aryl methyl sites for hydroxylation is 1. The fourth-order valence-corrected chi connectivity index (χ4v) is 1.74. The van der Waals surface area contributed by atoms with E-state index in [1.54, 1.807) is 6.92 Å². The second-order valence-corrected chi connectivity index (χ2v) is 4.12. The summed E-state index contributed by atoms with van der Waals surface area (Å²) < 4.78 is 0.997. The van der Waals surface area contributed by atoms with E-state index in [9.17, 15) is 4.79 Å². The van der Waals surface area contributed by atoms with Gasteiger partial charge in [0, 0.05) is 3.57 Å². The molecule has 0 atom stereocenters. The summed E-state index contributed by atoms with van der Waals surface area (Å²) in [6, 6.07) is 5.70. The van der Waals surface area contributed by atoms with Crippen LogP contribution in [0.5, 0.6) is 0 Å². The molecule has 1 rings (SSSR count). The number of amides is 1. The lowest BCUT2D eigenvalue weighted by atomic mass is 10.1. The van der Waals surface area contributed by atoms with Crippen molar-refractivity contribution in [2.75, 3.05) is 6.54 Å². The van der Waals surface area contributed by atoms with Crippen molar-refractivity contribution in [3.05, 3.63) is 32.9 Å². The molecule has 0 aliphatic rings. The van der Waals surface area contributed by atoms with E-state index in [2.05, 4.69) is 39.7 Å². The molecule has 0 fully saturated rings. The van der Waals surface area contributed by atoms with Crippen LogP contribution in [0.25, 0.3) is 0 Å². The Kier molecular flexibility index (Phi) is 4.63. The topological polar surface area (TPSA) is 29.1 Å². The predicted molar refractivity (Wildman–Crippen MR) is 69.7 cm³/mol. The Hall–Kier alpha value is -1.02. The summed E-state index contributed by atoms with van der Waals surface area (Å²) >= 11 is 2.18. The minimum atomic E-state index is -0.0640. The zero-order chi connectivity index (χ0) is 11.3. The molecule has 0 aliphatic heterocycles. The summed E-state index contributed by atoms with van der Waals surface area (Å²) in [6.07, 6.45) is 0. The molecule has 0 spiro atoms. The third-order valence-corrected chi connectivity index (χ3v) is 3.38. The fourth-order valence-electron chi connectivity index (χ4n) is 1.13. The van der Waals surface area contributed by atoms with Crippen molar-refractivity contribution >= 4 is 28.5 Å². The van der Waals surface area contributed by atoms with Crippen molar-refractivity contribution in [2.45, 2.75) is 13.8 Å². The molecule has 15 heavy (non-hydrogen) atoms. The predicted octanol–water partition coefficient (Wildman–Crippen LogP) is 2.35. The third kappa shape index (κ3) is 3.24. The Morgan fingerprint density at radius 2 is 2.27 bits per heavy atom. The SMILES string of the molecule is CC#CCNC(=O)c1cccc(C)c1I. The molecule has 3 heteroatoms. The standard InChI is InChI=1S/C12H12INO/c1-3-4-8-14-12(15)10-7-5-6-9(2)11(10)13/h5-7H,8H2,1-2H3,(H,14,15). The van der Waals surface area contributed by atoms with Crippen molar-refractivity contribution in [1.29, 1.82) is 0 Å². The average Bonchev–Trinajstić information content (AvgIpc) is 2.22. The van der Waals surface area contributed by atoms with E-state index in [-0.39, 0.29) is 5.91 Å². The summed E-state index contributed by atoms with van der Waals surface area (Å²) in [5.74, 6) is 5.47. The smallest absolute Gasteiger partial charge is 0.253 e. The highest BCUT2D eigenvalue weighted by molar-refractivity contribution is 14.1. The number of hydrogen-bond donors (Lipinski definition) is 1. The second-order valence-electron chi connectivity index (χ2n) is 3.05. The van der Waals surface area contributed by atoms with Gasteiger partial charge in [-0.3, -0.25) is 4.79 Å². The molecule has 0 saturated heterocycles. The van der Waals surface area contributed by atoms with Gasteiger partial charge in [-0.1, -0.05) is 18.1 Å². The maximum absolute atomic E-state index is 11.7. The monoisotopic (exact) mass is 313 g/mol. The van der Waals surface area contributed by atoms with Gasteiger partial charge in [0.1, 0.15) is 0 Å². The molecule has 2 nitrogen and oxygen atoms in total. The molecule has 0 bridgehead atoms. The lowest BCUT2D eigenvalue weighted by Crippen LogP contribution is -2.24. The Morgan fingerprint density at radius 1 is 1.53 bits per heavy atom. The normalized spacial score (nSPS) is 9.00. The Labute approximate surface area is 104 Å². The van der Waals surface area contributed by atoms with E-state index in [4.69, 9.17) is 0 Å². The molecule has 1 aromatic carbocycles. The van der Waals surface area contributed by atoms with E-state index >= 15 is 0 Å². The van der Waals surface area contributed by atoms with Crippen LogP contribution in [-0.4, -0.2) is 12.5 Å². The van der Waals surface area contributed by atoms with Gasteiger partial charge in [0.15, 0.2) is 0 Å². The summed E-state index contributed by atoms with van der Waals surface area (Å²) in [4.78, 5) is 11.7. The van der Waals surface area contributed by atoms with E-state index in [0.29, 0.717) is 12.1 Å². The summed E-state index contributed by atoms with van der Waals surface area (Å²) in [7, 11) is 0. The number of hydrogen-bond acceptors (Lipinski definition) is 1. The number of carbonyl (C=O) groups is 1. The molecule has 0 unspecified atom stereocenters. The molecule has 0 aromatic heterocycles. The first-order chi connectivity index (χ1) is 7.16. The first-order valence-electron chi connectivity index (χ1n) is 4.59. The molecular weight excluding hydrogens is 301 g/mol. The number of benzene rings is 1. The molecule has 0 heterocycles. The van der Waals surface area contributed by atoms with Crippen molar-refractivity contribution in [2.24, 2.45) is 0 Å². The van der Waals surface area contributed by atoms with E-state index < -0.39 is 0 Å². The van der Waals surface area contributed by atoms with Gasteiger partial charge in [-0.15, -0.1) is 5.92 Å². The van der Waals surface area contributed by atoms with Crippen LogP contribution in [0.15, 0.2) is 18.2 Å². The average molecular weight is 313 g/mol. The van der Waals surface area contributed by atoms with Gasteiger partial charge in [0.2, 0.25) is 0 Å². The maximum Gasteiger partial charge on any atom is 0.253 e. The van der Waals surface area contributed by atoms with Crippen LogP contribution >= 0.6 is 22.6 Å². The van der Waals surface area contributed by atoms with E-state index in [1.807, 2.05) is 25.1 Å². The molecule has 78 valence electrons. The molecule has 1 aromatic rings. The zero-order valence-corrected chi connectivity index (χ0v) is 10.9. The van der Waals surface area contributed by atoms with Gasteiger partial charge in [-0.2, -0.15) is 0 Å². The van der Waals surface area contributed by atoms with Gasteiger partial charge in [-0.25, -0.2) is 0 Å². The van der Waals surface area contributed by atoms with Gasteiger partial charge < -0.3 is 5.32 Å². The number of halogens is 1. The molecule has 1 amide bonds. The quantitative estimate of drug-likeness (QED) is 0.659. The van der Waals surface area contributed by atoms with Gasteiger partial charge >= 0.3 is 0 Å². The summed E-state index contributed by atoms with van der Waals surface area (Å²) in [5.41, 5.74) is 1.83. The highest BCUT2D eigenvalue weighted by Gasteiger charge is 2.09. The maximum atomic E-state index is 11.7. The Balaban J connectivity index is 2.81. The van der Waals surface area contributed by atoms with Crippen LogP contribution in [0.3, 0.4) is 0 Å². The summed E-state index contributed by atoms with van der Waals surface area (Å²) in [6.45, 7) is 4.15. The van der Waals surface area contributed by atoms with Gasteiger partial charge in [0.25, 0.3) is 5.91 Å². The van der Waals surface area contributed by atoms with Gasteiger partial charge in [-0.05, 0) is 48.1 Å². The van der Waals surface area contributed by atoms with Crippen molar-refractivity contribution in [3.8, 4) is 11.8 Å². The lowest BCUT2D eigenvalue weighted by Gasteiger charge is -2.06. The van der Waals surface area contributed by atoms with E-state index in [0.717, 1.165) is 9.13 Å². The number of carbonyl (C=O) groups excluding carboxylic acids is 1. The van der Waals surface area contributed by atoms with Crippen LogP contribution in [0, 0.1) is 22.3 Å². The van der Waals surface area contributed by atoms with Crippen LogP contribution in [-0.2, 0) is 0 Å². The van der Waals surface area contributed by atoms with Crippen molar-refractivity contribution < 1.29 is 4.79 Å². The van der Waals surface area contributed by atoms with Crippen LogP contribution < -0.4 is 5.32 Å². The highest BCUT2D eigenvalue weighted by atomic mass is 127. The largest absolute Gasteiger partial charge is 0.341 e. The Bertz CT molecular complexity index is 429. The van der Waals surface area contributed by atoms with Crippen molar-refractivity contribution in [3.63, 3.8) is 0 Å². The number of nitrogens with one attached hydrogen (secondary N) is 1. The van der Waals surface area contributed by atoms with Crippen molar-refractivity contribution in [1.82, 2.24) is 5.32 Å². The molecule has 0 saturated carbocycles. The minimum absolute atomic E-state index is 0.0640. The third-order valence-electron chi connectivity index (χ3n) is 1.95. The second kappa shape index (κ2) is 5.76. The van der Waals surface area contributed by atoms with Crippen LogP contribution in [0.2, 0.25) is 0 Å². The first-order valence-corrected chi connectivity index (χ1v) is 5.67. The number of rotatable bonds is 2. The highest BCUT2D eigenvalue weighted by Crippen LogP contribution is 2.16. The lowest BCUT2D eigenvalue weighted by molar-refractivity contribution is 0.0957. The van der Waals surface area contributed by atoms with Crippen LogP contribution in [0.4, 0.5) is 0 Å². The Morgan fingerprint density at radius 3 is 2.93 bits per heavy atom. The summed E-state index contributed by atoms with van der Waals surface area (Å²) in [5, 5.41) is 2.75. The molecule has 0 radical (unpaired) electrons. The molecule has 0 aliphatic carbocycles. The fraction of sp³-hybridized carbons (Fsp3) is 0.250. The van der Waals surface area contributed by atoms with E-state index in [1.165, 1.54) is 0 Å².